The normalized spacial score (nSPS) is 23.4. The quantitative estimate of drug-likeness (QED) is 0.270. The number of carbonyl (C=O) groups excluding carboxylic acids is 4. The third-order valence-electron chi connectivity index (χ3n) is 11.7. The molecule has 0 bridgehead atoms. The zero-order valence-electron chi connectivity index (χ0n) is 33.8. The molecule has 2 unspecified atom stereocenters. The predicted molar refractivity (Wildman–Crippen MR) is 215 cm³/mol. The molecule has 7 rings (SSSR count). The van der Waals surface area contributed by atoms with Crippen LogP contribution in [0.4, 0.5) is 21.0 Å². The number of hydrogen-bond donors (Lipinski definition) is 4. The van der Waals surface area contributed by atoms with E-state index in [0.717, 1.165) is 71.4 Å². The number of alkyl carbamates (subject to hydrolysis) is 2. The summed E-state index contributed by atoms with van der Waals surface area (Å²) in [5.74, 6) is 2.60. The Kier molecular flexibility index (Phi) is 11.5. The van der Waals surface area contributed by atoms with E-state index in [-0.39, 0.29) is 47.8 Å². The van der Waals surface area contributed by atoms with E-state index in [1.54, 1.807) is 0 Å². The van der Waals surface area contributed by atoms with Gasteiger partial charge in [-0.1, -0.05) is 39.8 Å². The molecule has 4 amide bonds. The molecule has 5 aliphatic rings. The van der Waals surface area contributed by atoms with Crippen LogP contribution < -0.4 is 30.9 Å². The molecule has 6 atom stereocenters. The number of nitrogens with one attached hydrogen (secondary N) is 4. The first-order valence-electron chi connectivity index (χ1n) is 20.0. The summed E-state index contributed by atoms with van der Waals surface area (Å²) in [6, 6.07) is 10.5. The largest absolute Gasteiger partial charge is 0.453 e. The Morgan fingerprint density at radius 3 is 1.70 bits per heavy atom. The maximum atomic E-state index is 13.6. The van der Waals surface area contributed by atoms with Gasteiger partial charge in [0, 0.05) is 20.1 Å². The smallest absolute Gasteiger partial charge is 0.407 e. The van der Waals surface area contributed by atoms with Crippen LogP contribution in [0.2, 0.25) is 0 Å². The van der Waals surface area contributed by atoms with Crippen LogP contribution >= 0.6 is 0 Å². The van der Waals surface area contributed by atoms with Crippen molar-refractivity contribution in [1.82, 2.24) is 31.1 Å². The van der Waals surface area contributed by atoms with E-state index in [2.05, 4.69) is 56.5 Å². The number of hydrogen-bond acceptors (Lipinski definition) is 12. The molecule has 0 radical (unpaired) electrons. The SMILES string of the molecule is COC(=O)N[C@H](C(=O)N1CCC[C@H]1C1=NCC(c2ccc3c(c2)Oc2ccc(C4CN=C([C@@H]5CCCN5C(=O)[C@@H](NC(=O)OC)C(C)C)N4)cc2N3C)N1)C(C)C. The van der Waals surface area contributed by atoms with E-state index in [1.165, 1.54) is 14.2 Å². The van der Waals surface area contributed by atoms with E-state index < -0.39 is 24.3 Å². The van der Waals surface area contributed by atoms with Crippen molar-refractivity contribution >= 4 is 47.0 Å². The summed E-state index contributed by atoms with van der Waals surface area (Å²) in [6.07, 6.45) is 2.05. The molecule has 306 valence electrons. The lowest BCUT2D eigenvalue weighted by molar-refractivity contribution is -0.135. The molecule has 0 spiro atoms. The van der Waals surface area contributed by atoms with E-state index in [9.17, 15) is 19.2 Å². The first-order chi connectivity index (χ1) is 27.4. The van der Waals surface area contributed by atoms with Crippen LogP contribution in [-0.4, -0.2) is 117 Å². The Morgan fingerprint density at radius 1 is 0.719 bits per heavy atom. The van der Waals surface area contributed by atoms with Crippen molar-refractivity contribution in [1.29, 1.82) is 0 Å². The zero-order chi connectivity index (χ0) is 40.5. The number of amidine groups is 2. The average molecular weight is 786 g/mol. The number of methoxy groups -OCH3 is 2. The van der Waals surface area contributed by atoms with Crippen molar-refractivity contribution in [3.63, 3.8) is 0 Å². The molecule has 0 aromatic heterocycles. The molecule has 4 N–H and O–H groups in total. The molecule has 2 aromatic carbocycles. The van der Waals surface area contributed by atoms with E-state index in [1.807, 2.05) is 50.6 Å². The lowest BCUT2D eigenvalue weighted by Gasteiger charge is -2.32. The van der Waals surface area contributed by atoms with Crippen LogP contribution in [0.3, 0.4) is 0 Å². The first-order valence-corrected chi connectivity index (χ1v) is 20.0. The highest BCUT2D eigenvalue weighted by atomic mass is 16.5. The number of benzene rings is 2. The summed E-state index contributed by atoms with van der Waals surface area (Å²) in [6.45, 7) is 9.90. The molecular weight excluding hydrogens is 731 g/mol. The minimum atomic E-state index is -0.688. The monoisotopic (exact) mass is 785 g/mol. The number of rotatable bonds is 10. The molecule has 0 aliphatic carbocycles. The van der Waals surface area contributed by atoms with Gasteiger partial charge in [-0.15, -0.1) is 0 Å². The average Bonchev–Trinajstić information content (AvgIpc) is 4.05. The molecule has 2 fully saturated rings. The summed E-state index contributed by atoms with van der Waals surface area (Å²) in [4.78, 5) is 66.8. The number of carbonyl (C=O) groups is 4. The third-order valence-corrected chi connectivity index (χ3v) is 11.7. The number of likely N-dealkylation sites (tertiary alicyclic amines) is 2. The van der Waals surface area contributed by atoms with Gasteiger partial charge in [0.15, 0.2) is 11.5 Å². The Labute approximate surface area is 333 Å². The van der Waals surface area contributed by atoms with Crippen LogP contribution in [0.15, 0.2) is 46.4 Å². The highest BCUT2D eigenvalue weighted by Gasteiger charge is 2.41. The number of ether oxygens (including phenoxy) is 3. The molecule has 2 aromatic rings. The molecule has 2 saturated heterocycles. The van der Waals surface area contributed by atoms with Gasteiger partial charge in [-0.05, 0) is 72.9 Å². The summed E-state index contributed by atoms with van der Waals surface area (Å²) in [5.41, 5.74) is 3.96. The van der Waals surface area contributed by atoms with Gasteiger partial charge in [0.1, 0.15) is 23.8 Å². The van der Waals surface area contributed by atoms with E-state index >= 15 is 0 Å². The first kappa shape index (κ1) is 39.7. The van der Waals surface area contributed by atoms with Crippen molar-refractivity contribution in [3.05, 3.63) is 47.5 Å². The predicted octanol–water partition coefficient (Wildman–Crippen LogP) is 4.39. The topological polar surface area (TPSA) is 179 Å². The van der Waals surface area contributed by atoms with Crippen molar-refractivity contribution in [3.8, 4) is 11.5 Å². The number of amides is 4. The Bertz CT molecular complexity index is 1950. The van der Waals surface area contributed by atoms with Crippen LogP contribution in [0, 0.1) is 11.8 Å². The van der Waals surface area contributed by atoms with Crippen molar-refractivity contribution in [2.24, 2.45) is 21.8 Å². The van der Waals surface area contributed by atoms with Gasteiger partial charge in [-0.2, -0.15) is 0 Å². The molecule has 16 heteroatoms. The van der Waals surface area contributed by atoms with E-state index in [0.29, 0.717) is 26.2 Å². The minimum Gasteiger partial charge on any atom is -0.453 e. The van der Waals surface area contributed by atoms with Gasteiger partial charge >= 0.3 is 12.2 Å². The lowest BCUT2D eigenvalue weighted by atomic mass is 10.0. The molecule has 16 nitrogen and oxygen atoms in total. The molecule has 5 heterocycles. The maximum absolute atomic E-state index is 13.6. The van der Waals surface area contributed by atoms with E-state index in [4.69, 9.17) is 24.2 Å². The van der Waals surface area contributed by atoms with Gasteiger partial charge in [-0.25, -0.2) is 9.59 Å². The van der Waals surface area contributed by atoms with Gasteiger partial charge in [0.05, 0.1) is 62.9 Å². The molecule has 57 heavy (non-hydrogen) atoms. The van der Waals surface area contributed by atoms with Crippen LogP contribution in [0.1, 0.15) is 76.6 Å². The molecule has 5 aliphatic heterocycles. The van der Waals surface area contributed by atoms with Gasteiger partial charge in [0.2, 0.25) is 11.8 Å². The zero-order valence-corrected chi connectivity index (χ0v) is 33.8. The van der Waals surface area contributed by atoms with Crippen molar-refractivity contribution < 1.29 is 33.4 Å². The lowest BCUT2D eigenvalue weighted by Crippen LogP contribution is -2.54. The Hall–Kier alpha value is -5.54. The summed E-state index contributed by atoms with van der Waals surface area (Å²) >= 11 is 0. The van der Waals surface area contributed by atoms with Crippen molar-refractivity contribution in [2.45, 2.75) is 89.6 Å². The molecular formula is C41H55N9O7. The summed E-state index contributed by atoms with van der Waals surface area (Å²) in [7, 11) is 4.62. The fourth-order valence-corrected chi connectivity index (χ4v) is 8.54. The highest BCUT2D eigenvalue weighted by molar-refractivity contribution is 5.96. The summed E-state index contributed by atoms with van der Waals surface area (Å²) < 4.78 is 16.1. The standard InChI is InChI=1S/C41H55N9O7/c1-22(2)34(46-40(53)55-6)38(51)49-16-8-10-29(49)36-42-20-26(44-36)24-13-15-32-31(18-24)48(5)28-14-12-25(19-33(28)57-32)27-21-43-37(45-27)30-11-9-17-50(30)39(52)35(23(3)4)47-41(54)56-7/h12-15,18-19,22-23,26-27,29-30,34-35H,8-11,16-17,20-21H2,1-7H3,(H,42,44)(H,43,45)(H,46,53)(H,47,54)/t26?,27?,29-,30-,34-,35-/m0/s1. The fourth-order valence-electron chi connectivity index (χ4n) is 8.54. The number of nitrogens with zero attached hydrogens (tertiary/aromatic N) is 5. The number of anilines is 2. The second-order valence-electron chi connectivity index (χ2n) is 16.1. The van der Waals surface area contributed by atoms with Crippen LogP contribution in [0.5, 0.6) is 11.5 Å². The second kappa shape index (κ2) is 16.5. The fraction of sp³-hybridized carbons (Fsp3) is 0.561. The Morgan fingerprint density at radius 2 is 1.21 bits per heavy atom. The third kappa shape index (κ3) is 7.90. The van der Waals surface area contributed by atoms with Gasteiger partial charge < -0.3 is 50.2 Å². The van der Waals surface area contributed by atoms with Crippen molar-refractivity contribution in [2.75, 3.05) is 52.3 Å². The number of aliphatic imine (C=N–C) groups is 2. The minimum absolute atomic E-state index is 0.0665. The van der Waals surface area contributed by atoms with Crippen LogP contribution in [0.25, 0.3) is 0 Å². The highest BCUT2D eigenvalue weighted by Crippen LogP contribution is 2.47. The second-order valence-corrected chi connectivity index (χ2v) is 16.1. The van der Waals surface area contributed by atoms with Crippen LogP contribution in [-0.2, 0) is 19.1 Å². The summed E-state index contributed by atoms with van der Waals surface area (Å²) in [5, 5.41) is 12.6. The Balaban J connectivity index is 0.988. The molecule has 0 saturated carbocycles. The maximum Gasteiger partial charge on any atom is 0.407 e. The number of fused-ring (bicyclic) bond motifs is 2. The van der Waals surface area contributed by atoms with Gasteiger partial charge in [-0.3, -0.25) is 19.6 Å². The van der Waals surface area contributed by atoms with Gasteiger partial charge in [0.25, 0.3) is 0 Å².